The van der Waals surface area contributed by atoms with E-state index in [0.29, 0.717) is 43.9 Å². The van der Waals surface area contributed by atoms with E-state index in [2.05, 4.69) is 20.9 Å². The molecule has 5 nitrogen and oxygen atoms in total. The zero-order chi connectivity index (χ0) is 24.2. The highest BCUT2D eigenvalue weighted by atomic mass is 79.9. The number of benzene rings is 3. The number of carbonyl (C=O) groups is 1. The van der Waals surface area contributed by atoms with E-state index in [-0.39, 0.29) is 5.91 Å². The number of likely N-dealkylation sites (N-methyl/N-ethyl adjacent to an activating group) is 1. The summed E-state index contributed by atoms with van der Waals surface area (Å²) in [6.45, 7) is 0.325. The molecular formula is C25H19BrCl2N2O3S. The van der Waals surface area contributed by atoms with E-state index in [1.54, 1.807) is 26.3 Å². The van der Waals surface area contributed by atoms with E-state index in [0.717, 1.165) is 15.6 Å². The van der Waals surface area contributed by atoms with Gasteiger partial charge in [0.25, 0.3) is 5.91 Å². The van der Waals surface area contributed by atoms with Crippen molar-refractivity contribution in [3.63, 3.8) is 0 Å². The summed E-state index contributed by atoms with van der Waals surface area (Å²) in [4.78, 5) is 19.6. The number of methoxy groups -OCH3 is 1. The van der Waals surface area contributed by atoms with Crippen molar-refractivity contribution in [2.75, 3.05) is 14.2 Å². The van der Waals surface area contributed by atoms with Gasteiger partial charge in [-0.05, 0) is 75.7 Å². The number of amidine groups is 1. The van der Waals surface area contributed by atoms with E-state index < -0.39 is 0 Å². The van der Waals surface area contributed by atoms with Crippen LogP contribution in [0.3, 0.4) is 0 Å². The summed E-state index contributed by atoms with van der Waals surface area (Å²) in [6, 6.07) is 18.4. The summed E-state index contributed by atoms with van der Waals surface area (Å²) in [5, 5.41) is 1.77. The van der Waals surface area contributed by atoms with Crippen LogP contribution in [0, 0.1) is 0 Å². The van der Waals surface area contributed by atoms with Crippen LogP contribution in [0.15, 0.2) is 75.0 Å². The van der Waals surface area contributed by atoms with E-state index in [4.69, 9.17) is 32.7 Å². The molecule has 0 saturated carbocycles. The van der Waals surface area contributed by atoms with Crippen molar-refractivity contribution in [1.29, 1.82) is 0 Å². The van der Waals surface area contributed by atoms with Crippen LogP contribution in [0.5, 0.6) is 11.5 Å². The number of halogens is 3. The molecule has 3 aromatic carbocycles. The van der Waals surface area contributed by atoms with Crippen molar-refractivity contribution in [3.8, 4) is 11.5 Å². The molecule has 1 fully saturated rings. The fourth-order valence-electron chi connectivity index (χ4n) is 3.16. The Kier molecular flexibility index (Phi) is 7.88. The second-order valence-electron chi connectivity index (χ2n) is 7.26. The first kappa shape index (κ1) is 24.7. The smallest absolute Gasteiger partial charge is 0.266 e. The maximum Gasteiger partial charge on any atom is 0.266 e. The van der Waals surface area contributed by atoms with Crippen molar-refractivity contribution in [2.24, 2.45) is 4.99 Å². The molecule has 34 heavy (non-hydrogen) atoms. The zero-order valence-corrected chi connectivity index (χ0v) is 22.1. The fourth-order valence-corrected chi connectivity index (χ4v) is 4.68. The molecule has 1 heterocycles. The van der Waals surface area contributed by atoms with Crippen LogP contribution in [0.4, 0.5) is 5.69 Å². The molecule has 9 heteroatoms. The third-order valence-corrected chi connectivity index (χ3v) is 7.49. The van der Waals surface area contributed by atoms with Crippen LogP contribution in [0.25, 0.3) is 6.08 Å². The molecule has 0 aromatic heterocycles. The summed E-state index contributed by atoms with van der Waals surface area (Å²) in [5.74, 6) is 0.970. The Morgan fingerprint density at radius 1 is 1.12 bits per heavy atom. The summed E-state index contributed by atoms with van der Waals surface area (Å²) in [7, 11) is 3.28. The zero-order valence-electron chi connectivity index (χ0n) is 18.2. The topological polar surface area (TPSA) is 51.1 Å². The number of thioether (sulfide) groups is 1. The van der Waals surface area contributed by atoms with Crippen LogP contribution in [-0.4, -0.2) is 30.1 Å². The average molecular weight is 578 g/mol. The minimum absolute atomic E-state index is 0.154. The second-order valence-corrected chi connectivity index (χ2v) is 9.97. The molecule has 0 bridgehead atoms. The molecule has 1 aliphatic rings. The van der Waals surface area contributed by atoms with Crippen LogP contribution >= 0.6 is 50.9 Å². The van der Waals surface area contributed by atoms with Gasteiger partial charge in [0.1, 0.15) is 6.61 Å². The molecule has 1 amide bonds. The van der Waals surface area contributed by atoms with Crippen LogP contribution in [0.2, 0.25) is 10.0 Å². The lowest BCUT2D eigenvalue weighted by Gasteiger charge is -2.14. The minimum Gasteiger partial charge on any atom is -0.493 e. The molecule has 0 spiro atoms. The van der Waals surface area contributed by atoms with Gasteiger partial charge in [-0.2, -0.15) is 0 Å². The molecule has 0 N–H and O–H groups in total. The summed E-state index contributed by atoms with van der Waals surface area (Å²) < 4.78 is 12.4. The van der Waals surface area contributed by atoms with Gasteiger partial charge >= 0.3 is 0 Å². The molecular weight excluding hydrogens is 559 g/mol. The highest BCUT2D eigenvalue weighted by Crippen LogP contribution is 2.38. The van der Waals surface area contributed by atoms with Gasteiger partial charge in [-0.25, -0.2) is 4.99 Å². The molecule has 0 unspecified atom stereocenters. The van der Waals surface area contributed by atoms with Gasteiger partial charge in [0.2, 0.25) is 0 Å². The predicted molar refractivity (Wildman–Crippen MR) is 143 cm³/mol. The Balaban J connectivity index is 1.62. The third kappa shape index (κ3) is 5.61. The maximum absolute atomic E-state index is 12.9. The number of hydrogen-bond acceptors (Lipinski definition) is 5. The lowest BCUT2D eigenvalue weighted by Crippen LogP contribution is -2.23. The number of hydrogen-bond donors (Lipinski definition) is 0. The lowest BCUT2D eigenvalue weighted by molar-refractivity contribution is -0.121. The van der Waals surface area contributed by atoms with Crippen molar-refractivity contribution < 1.29 is 14.3 Å². The number of aliphatic imine (C=N–C) groups is 1. The van der Waals surface area contributed by atoms with E-state index in [1.807, 2.05) is 54.6 Å². The largest absolute Gasteiger partial charge is 0.493 e. The number of amides is 1. The normalized spacial score (nSPS) is 15.9. The Morgan fingerprint density at radius 2 is 1.88 bits per heavy atom. The monoisotopic (exact) mass is 576 g/mol. The first-order valence-corrected chi connectivity index (χ1v) is 12.5. The number of para-hydroxylation sites is 1. The SMILES string of the molecule is COc1cccc(/C=C2/SC(=Nc3ccc(Br)c(Cl)c3)N(C)C2=O)c1OCc1ccc(Cl)cc1. The molecule has 0 atom stereocenters. The predicted octanol–water partition coefficient (Wildman–Crippen LogP) is 7.58. The first-order valence-electron chi connectivity index (χ1n) is 10.1. The van der Waals surface area contributed by atoms with Crippen molar-refractivity contribution in [2.45, 2.75) is 6.61 Å². The molecule has 1 aliphatic heterocycles. The third-order valence-electron chi connectivity index (χ3n) is 4.94. The Hall–Kier alpha value is -2.45. The Labute approximate surface area is 220 Å². The molecule has 0 aliphatic carbocycles. The molecule has 0 radical (unpaired) electrons. The standard InChI is InChI=1S/C25H19BrCl2N2O3S/c1-30-24(31)22(34-25(30)29-18-10-11-19(26)20(28)13-18)12-16-4-3-5-21(32-2)23(16)33-14-15-6-8-17(27)9-7-15/h3-13H,14H2,1-2H3/b22-12+,29-25?. The second kappa shape index (κ2) is 10.9. The van der Waals surface area contributed by atoms with E-state index in [9.17, 15) is 4.79 Å². The van der Waals surface area contributed by atoms with Gasteiger partial charge in [-0.3, -0.25) is 9.69 Å². The van der Waals surface area contributed by atoms with Crippen LogP contribution in [-0.2, 0) is 11.4 Å². The Bertz CT molecular complexity index is 1300. The van der Waals surface area contributed by atoms with Gasteiger partial charge in [0, 0.05) is 22.1 Å². The quantitative estimate of drug-likeness (QED) is 0.283. The van der Waals surface area contributed by atoms with Gasteiger partial charge in [-0.15, -0.1) is 0 Å². The maximum atomic E-state index is 12.9. The molecule has 3 aromatic rings. The minimum atomic E-state index is -0.154. The van der Waals surface area contributed by atoms with Gasteiger partial charge < -0.3 is 9.47 Å². The van der Waals surface area contributed by atoms with Crippen LogP contribution < -0.4 is 9.47 Å². The average Bonchev–Trinajstić information content (AvgIpc) is 3.09. The number of ether oxygens (including phenoxy) is 2. The van der Waals surface area contributed by atoms with Crippen molar-refractivity contribution >= 4 is 73.7 Å². The fraction of sp³-hybridized carbons (Fsp3) is 0.120. The van der Waals surface area contributed by atoms with Crippen molar-refractivity contribution in [1.82, 2.24) is 4.90 Å². The van der Waals surface area contributed by atoms with Crippen LogP contribution in [0.1, 0.15) is 11.1 Å². The molecule has 4 rings (SSSR count). The van der Waals surface area contributed by atoms with Gasteiger partial charge in [0.15, 0.2) is 16.7 Å². The summed E-state index contributed by atoms with van der Waals surface area (Å²) >= 11 is 16.8. The van der Waals surface area contributed by atoms with Gasteiger partial charge in [-0.1, -0.05) is 47.5 Å². The summed E-state index contributed by atoms with van der Waals surface area (Å²) in [6.07, 6.45) is 1.79. The highest BCUT2D eigenvalue weighted by Gasteiger charge is 2.31. The highest BCUT2D eigenvalue weighted by molar-refractivity contribution is 9.10. The molecule has 1 saturated heterocycles. The Morgan fingerprint density at radius 3 is 2.59 bits per heavy atom. The number of rotatable bonds is 6. The van der Waals surface area contributed by atoms with Crippen molar-refractivity contribution in [3.05, 3.63) is 91.2 Å². The number of nitrogens with zero attached hydrogens (tertiary/aromatic N) is 2. The molecule has 174 valence electrons. The van der Waals surface area contributed by atoms with Gasteiger partial charge in [0.05, 0.1) is 22.7 Å². The first-order chi connectivity index (χ1) is 16.4. The number of carbonyl (C=O) groups excluding carboxylic acids is 1. The van der Waals surface area contributed by atoms with E-state index >= 15 is 0 Å². The van der Waals surface area contributed by atoms with E-state index in [1.165, 1.54) is 16.7 Å². The summed E-state index contributed by atoms with van der Waals surface area (Å²) in [5.41, 5.74) is 2.35. The lowest BCUT2D eigenvalue weighted by atomic mass is 10.1.